The second-order valence-corrected chi connectivity index (χ2v) is 6.76. The predicted molar refractivity (Wildman–Crippen MR) is 95.1 cm³/mol. The molecule has 0 fully saturated rings. The maximum atomic E-state index is 10.9. The van der Waals surface area contributed by atoms with Gasteiger partial charge in [0.2, 0.25) is 0 Å². The molecule has 0 heterocycles. The average Bonchev–Trinajstić information content (AvgIpc) is 2.58. The third kappa shape index (κ3) is 9.77. The van der Waals surface area contributed by atoms with Crippen LogP contribution in [0.25, 0.3) is 0 Å². The van der Waals surface area contributed by atoms with Gasteiger partial charge in [-0.15, -0.1) is 0 Å². The van der Waals surface area contributed by atoms with Gasteiger partial charge in [0.15, 0.2) is 0 Å². The summed E-state index contributed by atoms with van der Waals surface area (Å²) in [5.41, 5.74) is -1.12. The van der Waals surface area contributed by atoms with Crippen molar-refractivity contribution in [1.29, 1.82) is 0 Å². The molecule has 4 nitrogen and oxygen atoms in total. The van der Waals surface area contributed by atoms with E-state index in [0.717, 1.165) is 38.5 Å². The minimum atomic E-state index is -0.874. The van der Waals surface area contributed by atoms with Crippen LogP contribution < -0.4 is 10.2 Å². The van der Waals surface area contributed by atoms with E-state index in [1.54, 1.807) is 0 Å². The van der Waals surface area contributed by atoms with Gasteiger partial charge in [-0.2, -0.15) is 0 Å². The summed E-state index contributed by atoms with van der Waals surface area (Å²) in [5.74, 6) is -1.75. The molecule has 0 aliphatic carbocycles. The number of carboxylic acid groups (broad SMARTS) is 2. The Morgan fingerprint density at radius 2 is 0.880 bits per heavy atom. The van der Waals surface area contributed by atoms with E-state index in [0.29, 0.717) is 25.7 Å². The molecule has 0 aliphatic heterocycles. The molecule has 0 unspecified atom stereocenters. The minimum absolute atomic E-state index is 0. The number of carbonyl (C=O) groups excluding carboxylic acids is 2. The normalized spacial score (nSPS) is 11.1. The fourth-order valence-electron chi connectivity index (χ4n) is 3.02. The van der Waals surface area contributed by atoms with Crippen LogP contribution in [0.1, 0.15) is 106 Å². The van der Waals surface area contributed by atoms with Crippen LogP contribution in [0.15, 0.2) is 0 Å². The van der Waals surface area contributed by atoms with Crippen molar-refractivity contribution < 1.29 is 40.9 Å². The third-order valence-electron chi connectivity index (χ3n) is 5.59. The maximum Gasteiger partial charge on any atom is 2.00 e. The van der Waals surface area contributed by atoms with Gasteiger partial charge in [0.25, 0.3) is 0 Å². The Kier molecular flexibility index (Phi) is 18.6. The van der Waals surface area contributed by atoms with Crippen molar-refractivity contribution in [3.8, 4) is 0 Å². The molecule has 0 atom stereocenters. The SMILES string of the molecule is CCCCC(CC)(CC)C(=O)[O-].CCCCC(CC)(CC)C(=O)[O-].[Pt+2]. The summed E-state index contributed by atoms with van der Waals surface area (Å²) >= 11 is 0. The molecule has 0 N–H and O–H groups in total. The molecule has 0 saturated carbocycles. The average molecular weight is 538 g/mol. The number of unbranched alkanes of at least 4 members (excludes halogenated alkanes) is 2. The molecule has 0 spiro atoms. The Labute approximate surface area is 169 Å². The molecule has 5 heteroatoms. The summed E-state index contributed by atoms with van der Waals surface area (Å²) in [7, 11) is 0. The Morgan fingerprint density at radius 3 is 1.00 bits per heavy atom. The van der Waals surface area contributed by atoms with E-state index in [9.17, 15) is 19.8 Å². The molecular formula is C20H38O4Pt. The van der Waals surface area contributed by atoms with Crippen LogP contribution in [0.2, 0.25) is 0 Å². The van der Waals surface area contributed by atoms with Gasteiger partial charge < -0.3 is 19.8 Å². The molecule has 0 aromatic carbocycles. The van der Waals surface area contributed by atoms with Crippen LogP contribution in [0.3, 0.4) is 0 Å². The van der Waals surface area contributed by atoms with Gasteiger partial charge in [0.1, 0.15) is 0 Å². The molecule has 0 aromatic rings. The van der Waals surface area contributed by atoms with Crippen LogP contribution >= 0.6 is 0 Å². The van der Waals surface area contributed by atoms with E-state index >= 15 is 0 Å². The number of hydrogen-bond acceptors (Lipinski definition) is 4. The van der Waals surface area contributed by atoms with E-state index in [1.165, 1.54) is 0 Å². The summed E-state index contributed by atoms with van der Waals surface area (Å²) < 4.78 is 0. The van der Waals surface area contributed by atoms with Gasteiger partial charge in [-0.1, -0.05) is 67.2 Å². The second kappa shape index (κ2) is 15.8. The Hall–Kier alpha value is -0.372. The Morgan fingerprint density at radius 1 is 0.640 bits per heavy atom. The molecular weight excluding hydrogens is 499 g/mol. The van der Waals surface area contributed by atoms with Crippen molar-refractivity contribution in [2.45, 2.75) is 106 Å². The number of carbonyl (C=O) groups is 2. The van der Waals surface area contributed by atoms with Crippen LogP contribution in [0.5, 0.6) is 0 Å². The molecule has 152 valence electrons. The molecule has 0 bridgehead atoms. The summed E-state index contributed by atoms with van der Waals surface area (Å²) in [4.78, 5) is 21.8. The van der Waals surface area contributed by atoms with Gasteiger partial charge in [0, 0.05) is 22.8 Å². The van der Waals surface area contributed by atoms with E-state index in [4.69, 9.17) is 0 Å². The standard InChI is InChI=1S/2C10H20O2.Pt/c2*1-4-7-8-10(5-2,6-3)9(11)12;/h2*4-8H2,1-3H3,(H,11,12);/q;;+2/p-2. The van der Waals surface area contributed by atoms with Gasteiger partial charge in [-0.25, -0.2) is 0 Å². The van der Waals surface area contributed by atoms with Gasteiger partial charge in [0.05, 0.1) is 0 Å². The molecule has 0 rings (SSSR count). The van der Waals surface area contributed by atoms with E-state index < -0.39 is 22.8 Å². The van der Waals surface area contributed by atoms with Crippen molar-refractivity contribution in [3.63, 3.8) is 0 Å². The van der Waals surface area contributed by atoms with Crippen LogP contribution in [-0.2, 0) is 30.7 Å². The van der Waals surface area contributed by atoms with E-state index in [-0.39, 0.29) is 21.1 Å². The molecule has 0 aromatic heterocycles. The van der Waals surface area contributed by atoms with Crippen molar-refractivity contribution in [2.75, 3.05) is 0 Å². The van der Waals surface area contributed by atoms with Crippen molar-refractivity contribution in [2.24, 2.45) is 10.8 Å². The van der Waals surface area contributed by atoms with Crippen LogP contribution in [-0.4, -0.2) is 11.9 Å². The monoisotopic (exact) mass is 537 g/mol. The van der Waals surface area contributed by atoms with Crippen molar-refractivity contribution in [3.05, 3.63) is 0 Å². The third-order valence-corrected chi connectivity index (χ3v) is 5.59. The number of carboxylic acids is 2. The first-order chi connectivity index (χ1) is 11.3. The molecule has 0 aliphatic rings. The molecule has 0 saturated heterocycles. The summed E-state index contributed by atoms with van der Waals surface area (Å²) in [6, 6.07) is 0. The van der Waals surface area contributed by atoms with Crippen LogP contribution in [0.4, 0.5) is 0 Å². The van der Waals surface area contributed by atoms with Crippen LogP contribution in [0, 0.1) is 10.8 Å². The summed E-state index contributed by atoms with van der Waals surface area (Å²) in [5, 5.41) is 21.8. The van der Waals surface area contributed by atoms with Gasteiger partial charge in [-0.3, -0.25) is 0 Å². The molecule has 25 heavy (non-hydrogen) atoms. The van der Waals surface area contributed by atoms with Gasteiger partial charge >= 0.3 is 21.1 Å². The minimum Gasteiger partial charge on any atom is -0.550 e. The first kappa shape index (κ1) is 29.4. The topological polar surface area (TPSA) is 80.3 Å². The summed E-state index contributed by atoms with van der Waals surface area (Å²) in [6.07, 6.45) is 8.34. The Bertz CT molecular complexity index is 314. The fourth-order valence-corrected chi connectivity index (χ4v) is 3.02. The zero-order chi connectivity index (χ0) is 19.2. The number of aliphatic carboxylic acids is 2. The number of hydrogen-bond donors (Lipinski definition) is 0. The van der Waals surface area contributed by atoms with Crippen molar-refractivity contribution in [1.82, 2.24) is 0 Å². The molecule has 0 radical (unpaired) electrons. The Balaban J connectivity index is -0.000000372. The first-order valence-corrected chi connectivity index (χ1v) is 9.68. The summed E-state index contributed by atoms with van der Waals surface area (Å²) in [6.45, 7) is 11.9. The fraction of sp³-hybridized carbons (Fsp3) is 0.900. The molecule has 0 amide bonds. The first-order valence-electron chi connectivity index (χ1n) is 9.68. The van der Waals surface area contributed by atoms with Crippen molar-refractivity contribution >= 4 is 11.9 Å². The van der Waals surface area contributed by atoms with E-state index in [1.807, 2.05) is 27.7 Å². The maximum absolute atomic E-state index is 10.9. The second-order valence-electron chi connectivity index (χ2n) is 6.76. The largest absolute Gasteiger partial charge is 2.00 e. The quantitative estimate of drug-likeness (QED) is 0.382. The smallest absolute Gasteiger partial charge is 0.550 e. The van der Waals surface area contributed by atoms with E-state index in [2.05, 4.69) is 13.8 Å². The van der Waals surface area contributed by atoms with Gasteiger partial charge in [-0.05, 0) is 38.5 Å². The predicted octanol–water partition coefficient (Wildman–Crippen LogP) is 3.46. The zero-order valence-corrected chi connectivity index (χ0v) is 19.3. The number of rotatable bonds is 12. The zero-order valence-electron chi connectivity index (χ0n) is 17.0.